The van der Waals surface area contributed by atoms with E-state index in [4.69, 9.17) is 10.0 Å². The van der Waals surface area contributed by atoms with Gasteiger partial charge in [-0.25, -0.2) is 13.8 Å². The smallest absolute Gasteiger partial charge is 0.423 e. The van der Waals surface area contributed by atoms with Crippen molar-refractivity contribution in [2.45, 2.75) is 6.92 Å². The minimum Gasteiger partial charge on any atom is -0.423 e. The number of thiazole rings is 1. The van der Waals surface area contributed by atoms with Crippen molar-refractivity contribution >= 4 is 35.3 Å². The number of hydrazone groups is 1. The second-order valence-corrected chi connectivity index (χ2v) is 4.77. The van der Waals surface area contributed by atoms with E-state index in [1.54, 1.807) is 0 Å². The van der Waals surface area contributed by atoms with Crippen LogP contribution in [-0.4, -0.2) is 28.4 Å². The molecule has 5 nitrogen and oxygen atoms in total. The molecule has 0 radical (unpaired) electrons. The van der Waals surface area contributed by atoms with Crippen LogP contribution in [0.3, 0.4) is 0 Å². The Hall–Kier alpha value is -1.84. The van der Waals surface area contributed by atoms with Crippen LogP contribution in [0.5, 0.6) is 0 Å². The van der Waals surface area contributed by atoms with E-state index in [1.165, 1.54) is 17.4 Å². The number of aromatic nitrogens is 1. The summed E-state index contributed by atoms with van der Waals surface area (Å²) in [5.74, 6) is -2.51. The zero-order valence-electron chi connectivity index (χ0n) is 10.3. The van der Waals surface area contributed by atoms with Gasteiger partial charge in [-0.3, -0.25) is 5.43 Å². The average Bonchev–Trinajstić information content (AvgIpc) is 2.80. The third-order valence-electron chi connectivity index (χ3n) is 2.40. The van der Waals surface area contributed by atoms with Crippen molar-refractivity contribution in [3.05, 3.63) is 40.4 Å². The SMILES string of the molecule is Cc1csc(NN=Cc2ccc(B(O)O)c(F)c2F)n1. The van der Waals surface area contributed by atoms with Crippen LogP contribution in [0, 0.1) is 18.6 Å². The maximum atomic E-state index is 13.6. The maximum absolute atomic E-state index is 13.6. The summed E-state index contributed by atoms with van der Waals surface area (Å²) < 4.78 is 27.1. The molecule has 0 atom stereocenters. The molecule has 2 aromatic rings. The molecule has 1 heterocycles. The number of nitrogens with zero attached hydrogens (tertiary/aromatic N) is 2. The highest BCUT2D eigenvalue weighted by Gasteiger charge is 2.20. The lowest BCUT2D eigenvalue weighted by molar-refractivity contribution is 0.420. The maximum Gasteiger partial charge on any atom is 0.491 e. The van der Waals surface area contributed by atoms with Crippen LogP contribution in [0.1, 0.15) is 11.3 Å². The van der Waals surface area contributed by atoms with E-state index in [1.807, 2.05) is 12.3 Å². The third-order valence-corrected chi connectivity index (χ3v) is 3.27. The fraction of sp³-hybridized carbons (Fsp3) is 0.0909. The molecule has 0 spiro atoms. The lowest BCUT2D eigenvalue weighted by atomic mass is 9.79. The molecule has 0 aliphatic rings. The molecule has 0 aliphatic heterocycles. The van der Waals surface area contributed by atoms with Crippen molar-refractivity contribution in [1.82, 2.24) is 4.98 Å². The number of anilines is 1. The second-order valence-electron chi connectivity index (χ2n) is 3.91. The Morgan fingerprint density at radius 2 is 2.10 bits per heavy atom. The van der Waals surface area contributed by atoms with Gasteiger partial charge in [0.05, 0.1) is 11.9 Å². The van der Waals surface area contributed by atoms with E-state index < -0.39 is 24.2 Å². The van der Waals surface area contributed by atoms with Gasteiger partial charge in [-0.05, 0) is 6.92 Å². The van der Waals surface area contributed by atoms with Gasteiger partial charge in [-0.2, -0.15) is 5.10 Å². The van der Waals surface area contributed by atoms with Crippen LogP contribution in [0.25, 0.3) is 0 Å². The molecule has 3 N–H and O–H groups in total. The summed E-state index contributed by atoms with van der Waals surface area (Å²) in [7, 11) is -2.06. The van der Waals surface area contributed by atoms with Gasteiger partial charge in [-0.15, -0.1) is 11.3 Å². The Morgan fingerprint density at radius 1 is 1.35 bits per heavy atom. The number of halogens is 2. The van der Waals surface area contributed by atoms with Gasteiger partial charge in [-0.1, -0.05) is 12.1 Å². The molecular formula is C11H10BF2N3O2S. The van der Waals surface area contributed by atoms with Crippen LogP contribution < -0.4 is 10.9 Å². The number of rotatable bonds is 4. The number of hydrogen-bond acceptors (Lipinski definition) is 6. The molecule has 0 unspecified atom stereocenters. The third kappa shape index (κ3) is 3.18. The lowest BCUT2D eigenvalue weighted by Crippen LogP contribution is -2.33. The first-order valence-corrected chi connectivity index (χ1v) is 6.42. The summed E-state index contributed by atoms with van der Waals surface area (Å²) in [5.41, 5.74) is 2.77. The molecule has 1 aromatic heterocycles. The molecule has 0 bridgehead atoms. The number of benzene rings is 1. The number of hydrogen-bond donors (Lipinski definition) is 3. The molecule has 0 saturated heterocycles. The molecule has 20 heavy (non-hydrogen) atoms. The largest absolute Gasteiger partial charge is 0.491 e. The van der Waals surface area contributed by atoms with Crippen LogP contribution in [0.2, 0.25) is 0 Å². The van der Waals surface area contributed by atoms with E-state index in [9.17, 15) is 8.78 Å². The first-order chi connectivity index (χ1) is 9.49. The number of nitrogens with one attached hydrogen (secondary N) is 1. The standard InChI is InChI=1S/C11H10BF2N3O2S/c1-6-5-20-11(16-6)17-15-4-7-2-3-8(12(18)19)10(14)9(7)13/h2-5,18-19H,1H3,(H,16,17). The average molecular weight is 297 g/mol. The van der Waals surface area contributed by atoms with Crippen molar-refractivity contribution in [3.8, 4) is 0 Å². The summed E-state index contributed by atoms with van der Waals surface area (Å²) in [6.07, 6.45) is 1.09. The van der Waals surface area contributed by atoms with Gasteiger partial charge >= 0.3 is 7.12 Å². The highest BCUT2D eigenvalue weighted by atomic mass is 32.1. The normalized spacial score (nSPS) is 11.1. The predicted molar refractivity (Wildman–Crippen MR) is 74.3 cm³/mol. The molecule has 9 heteroatoms. The summed E-state index contributed by atoms with van der Waals surface area (Å²) >= 11 is 1.33. The van der Waals surface area contributed by atoms with Crippen molar-refractivity contribution in [2.24, 2.45) is 5.10 Å². The Bertz CT molecular complexity index is 649. The van der Waals surface area contributed by atoms with Crippen LogP contribution >= 0.6 is 11.3 Å². The predicted octanol–water partition coefficient (Wildman–Crippen LogP) is 0.856. The van der Waals surface area contributed by atoms with E-state index in [2.05, 4.69) is 15.5 Å². The monoisotopic (exact) mass is 297 g/mol. The van der Waals surface area contributed by atoms with Crippen molar-refractivity contribution in [1.29, 1.82) is 0 Å². The Labute approximate surface area is 117 Å². The second kappa shape index (κ2) is 6.08. The fourth-order valence-electron chi connectivity index (χ4n) is 1.44. The summed E-state index contributed by atoms with van der Waals surface area (Å²) in [6, 6.07) is 2.28. The summed E-state index contributed by atoms with van der Waals surface area (Å²) in [6.45, 7) is 1.82. The van der Waals surface area contributed by atoms with Gasteiger partial charge in [0.1, 0.15) is 0 Å². The van der Waals surface area contributed by atoms with Crippen molar-refractivity contribution < 1.29 is 18.8 Å². The fourth-order valence-corrected chi connectivity index (χ4v) is 2.08. The van der Waals surface area contributed by atoms with Crippen LogP contribution in [0.4, 0.5) is 13.9 Å². The van der Waals surface area contributed by atoms with E-state index >= 15 is 0 Å². The van der Waals surface area contributed by atoms with Crippen LogP contribution in [0.15, 0.2) is 22.6 Å². The first-order valence-electron chi connectivity index (χ1n) is 5.54. The van der Waals surface area contributed by atoms with Gasteiger partial charge in [0.2, 0.25) is 5.13 Å². The zero-order valence-corrected chi connectivity index (χ0v) is 11.2. The van der Waals surface area contributed by atoms with Gasteiger partial charge < -0.3 is 10.0 Å². The number of aryl methyl sites for hydroxylation is 1. The van der Waals surface area contributed by atoms with Gasteiger partial charge in [0.25, 0.3) is 0 Å². The van der Waals surface area contributed by atoms with E-state index in [-0.39, 0.29) is 5.56 Å². The lowest BCUT2D eigenvalue weighted by Gasteiger charge is -2.04. The van der Waals surface area contributed by atoms with Crippen molar-refractivity contribution in [2.75, 3.05) is 5.43 Å². The molecule has 0 amide bonds. The zero-order chi connectivity index (χ0) is 14.7. The van der Waals surface area contributed by atoms with E-state index in [0.29, 0.717) is 5.13 Å². The van der Waals surface area contributed by atoms with Crippen LogP contribution in [-0.2, 0) is 0 Å². The Kier molecular flexibility index (Phi) is 4.43. The molecule has 0 fully saturated rings. The van der Waals surface area contributed by atoms with Crippen molar-refractivity contribution in [3.63, 3.8) is 0 Å². The minimum absolute atomic E-state index is 0.118. The Balaban J connectivity index is 2.15. The first kappa shape index (κ1) is 14.6. The van der Waals surface area contributed by atoms with Gasteiger partial charge in [0, 0.05) is 16.4 Å². The molecule has 0 saturated carbocycles. The highest BCUT2D eigenvalue weighted by Crippen LogP contribution is 2.14. The molecular weight excluding hydrogens is 287 g/mol. The van der Waals surface area contributed by atoms with Gasteiger partial charge in [0.15, 0.2) is 11.6 Å². The molecule has 1 aromatic carbocycles. The van der Waals surface area contributed by atoms with E-state index in [0.717, 1.165) is 18.0 Å². The quantitative estimate of drug-likeness (QED) is 0.444. The molecule has 0 aliphatic carbocycles. The Morgan fingerprint density at radius 3 is 2.70 bits per heavy atom. The highest BCUT2D eigenvalue weighted by molar-refractivity contribution is 7.13. The molecule has 104 valence electrons. The summed E-state index contributed by atoms with van der Waals surface area (Å²) in [4.78, 5) is 4.08. The summed E-state index contributed by atoms with van der Waals surface area (Å²) in [5, 5.41) is 23.8. The topological polar surface area (TPSA) is 77.7 Å². The minimum atomic E-state index is -2.06. The molecule has 2 rings (SSSR count).